The number of benzene rings is 1. The summed E-state index contributed by atoms with van der Waals surface area (Å²) < 4.78 is 6.55. The number of aromatic nitrogens is 2. The zero-order valence-corrected chi connectivity index (χ0v) is 15.1. The lowest BCUT2D eigenvalue weighted by Crippen LogP contribution is -2.45. The third-order valence-electron chi connectivity index (χ3n) is 3.49. The molecule has 0 atom stereocenters. The molecule has 2 heterocycles. The van der Waals surface area contributed by atoms with Crippen molar-refractivity contribution in [2.75, 3.05) is 7.11 Å². The first-order valence-corrected chi connectivity index (χ1v) is 8.71. The van der Waals surface area contributed by atoms with E-state index in [0.717, 1.165) is 17.4 Å². The fourth-order valence-corrected chi connectivity index (χ4v) is 3.21. The molecule has 0 bridgehead atoms. The van der Waals surface area contributed by atoms with Gasteiger partial charge < -0.3 is 14.8 Å². The van der Waals surface area contributed by atoms with Gasteiger partial charge in [-0.2, -0.15) is 4.57 Å². The van der Waals surface area contributed by atoms with Crippen LogP contribution in [0, 0.1) is 0 Å². The third kappa shape index (κ3) is 4.36. The van der Waals surface area contributed by atoms with E-state index in [1.165, 1.54) is 7.11 Å². The fourth-order valence-electron chi connectivity index (χ4n) is 2.26. The molecular formula is C19H15N3O4S. The van der Waals surface area contributed by atoms with E-state index >= 15 is 0 Å². The van der Waals surface area contributed by atoms with Crippen molar-refractivity contribution in [3.05, 3.63) is 80.5 Å². The van der Waals surface area contributed by atoms with E-state index in [9.17, 15) is 14.7 Å². The molecule has 1 aromatic carbocycles. The number of ether oxygens (including phenoxy) is 1. The number of thiazole rings is 1. The average molecular weight is 381 g/mol. The predicted molar refractivity (Wildman–Crippen MR) is 99.7 cm³/mol. The van der Waals surface area contributed by atoms with E-state index in [0.29, 0.717) is 5.69 Å². The van der Waals surface area contributed by atoms with Crippen molar-refractivity contribution in [3.63, 3.8) is 0 Å². The van der Waals surface area contributed by atoms with Gasteiger partial charge in [-0.15, -0.1) is 11.3 Å². The van der Waals surface area contributed by atoms with Gasteiger partial charge in [0.05, 0.1) is 18.7 Å². The molecule has 136 valence electrons. The van der Waals surface area contributed by atoms with Gasteiger partial charge >= 0.3 is 5.97 Å². The highest BCUT2D eigenvalue weighted by Crippen LogP contribution is 2.10. The maximum atomic E-state index is 12.9. The van der Waals surface area contributed by atoms with E-state index in [4.69, 9.17) is 0 Å². The Morgan fingerprint density at radius 1 is 1.19 bits per heavy atom. The molecule has 0 saturated heterocycles. The number of H-pyrrole nitrogens is 1. The molecule has 2 aromatic heterocycles. The second-order valence-corrected chi connectivity index (χ2v) is 6.35. The average Bonchev–Trinajstić information content (AvgIpc) is 3.03. The third-order valence-corrected chi connectivity index (χ3v) is 4.51. The smallest absolute Gasteiger partial charge is 0.332 e. The molecule has 0 aliphatic heterocycles. The molecule has 1 N–H and O–H groups in total. The van der Waals surface area contributed by atoms with Crippen LogP contribution in [-0.4, -0.2) is 24.0 Å². The molecule has 7 nitrogen and oxygen atoms in total. The zero-order chi connectivity index (χ0) is 19.2. The Labute approximate surface area is 157 Å². The number of esters is 1. The Bertz CT molecular complexity index is 1150. The number of hydrogen-bond donors (Lipinski definition) is 1. The van der Waals surface area contributed by atoms with Crippen LogP contribution in [0.3, 0.4) is 0 Å². The molecule has 0 spiro atoms. The van der Waals surface area contributed by atoms with E-state index < -0.39 is 17.4 Å². The number of carbonyl (C=O) groups excluding carboxylic acids is 1. The molecule has 3 rings (SSSR count). The van der Waals surface area contributed by atoms with Crippen molar-refractivity contribution in [1.29, 1.82) is 0 Å². The Kier molecular flexibility index (Phi) is 5.58. The minimum Gasteiger partial charge on any atom is -0.854 e. The van der Waals surface area contributed by atoms with E-state index in [-0.39, 0.29) is 14.9 Å². The van der Waals surface area contributed by atoms with Gasteiger partial charge in [-0.05, 0) is 12.1 Å². The monoisotopic (exact) mass is 381 g/mol. The van der Waals surface area contributed by atoms with Crippen LogP contribution in [0.2, 0.25) is 0 Å². The molecular weight excluding hydrogens is 366 g/mol. The zero-order valence-electron chi connectivity index (χ0n) is 14.3. The highest BCUT2D eigenvalue weighted by Gasteiger charge is 2.14. The van der Waals surface area contributed by atoms with Crippen molar-refractivity contribution in [1.82, 2.24) is 4.98 Å². The highest BCUT2D eigenvalue weighted by molar-refractivity contribution is 7.07. The van der Waals surface area contributed by atoms with Gasteiger partial charge in [0.2, 0.25) is 0 Å². The molecule has 0 aliphatic rings. The number of aromatic amines is 1. The number of pyridine rings is 1. The molecule has 3 aromatic rings. The van der Waals surface area contributed by atoms with E-state index in [1.54, 1.807) is 59.4 Å². The Hall–Kier alpha value is -3.52. The first kappa shape index (κ1) is 18.3. The molecule has 0 unspecified atom stereocenters. The van der Waals surface area contributed by atoms with Crippen molar-refractivity contribution < 1.29 is 19.2 Å². The summed E-state index contributed by atoms with van der Waals surface area (Å²) in [7, 11) is 1.22. The maximum absolute atomic E-state index is 12.9. The quantitative estimate of drug-likeness (QED) is 0.283. The number of nitrogens with one attached hydrogen (secondary N) is 1. The number of rotatable bonds is 4. The summed E-state index contributed by atoms with van der Waals surface area (Å²) in [6.07, 6.45) is 4.43. The van der Waals surface area contributed by atoms with Crippen LogP contribution in [0.5, 0.6) is 0 Å². The molecule has 0 fully saturated rings. The van der Waals surface area contributed by atoms with Crippen LogP contribution in [0.1, 0.15) is 0 Å². The normalized spacial score (nSPS) is 13.4. The first-order valence-electron chi connectivity index (χ1n) is 7.89. The number of carbonyl (C=O) groups is 1. The number of hydrogen-bond acceptors (Lipinski definition) is 6. The van der Waals surface area contributed by atoms with Crippen molar-refractivity contribution in [2.45, 2.75) is 0 Å². The molecule has 0 radical (unpaired) electrons. The van der Waals surface area contributed by atoms with E-state index in [2.05, 4.69) is 14.7 Å². The highest BCUT2D eigenvalue weighted by atomic mass is 32.1. The number of para-hydroxylation sites is 1. The minimum absolute atomic E-state index is 0.137. The SMILES string of the molecule is COC(=O)/C=c1\sc(=C(C([O-])=Nc2ccccc2)[n+]2ccccc2)[nH]c1=O. The first-order chi connectivity index (χ1) is 13.1. The summed E-state index contributed by atoms with van der Waals surface area (Å²) in [5, 5.41) is 12.9. The Morgan fingerprint density at radius 3 is 2.52 bits per heavy atom. The van der Waals surface area contributed by atoms with E-state index in [1.807, 2.05) is 6.07 Å². The van der Waals surface area contributed by atoms with Crippen LogP contribution < -0.4 is 24.4 Å². The van der Waals surface area contributed by atoms with Gasteiger partial charge in [0.25, 0.3) is 11.3 Å². The largest absolute Gasteiger partial charge is 0.854 e. The van der Waals surface area contributed by atoms with Crippen LogP contribution in [-0.2, 0) is 9.53 Å². The minimum atomic E-state index is -0.650. The number of aliphatic imine (C=N–C) groups is 1. The van der Waals surface area contributed by atoms with Gasteiger partial charge in [-0.25, -0.2) is 4.79 Å². The molecule has 0 saturated carbocycles. The van der Waals surface area contributed by atoms with Crippen molar-refractivity contribution in [3.8, 4) is 0 Å². The molecule has 0 aliphatic carbocycles. The predicted octanol–water partition coefficient (Wildman–Crippen LogP) is -0.576. The lowest BCUT2D eigenvalue weighted by molar-refractivity contribution is -0.580. The van der Waals surface area contributed by atoms with Crippen LogP contribution in [0.25, 0.3) is 11.8 Å². The summed E-state index contributed by atoms with van der Waals surface area (Å²) in [6.45, 7) is 0. The summed E-state index contributed by atoms with van der Waals surface area (Å²) >= 11 is 0.982. The van der Waals surface area contributed by atoms with Crippen molar-refractivity contribution in [2.24, 2.45) is 4.99 Å². The standard InChI is InChI=1S/C19H15N3O4S/c1-26-15(23)12-14-17(24)21-19(27-14)16(22-10-6-3-7-11-22)18(25)20-13-8-4-2-5-9-13/h2-12H,1H3,(H-,20,21,24,25)/b14-12-. The Morgan fingerprint density at radius 2 is 1.85 bits per heavy atom. The van der Waals surface area contributed by atoms with Crippen LogP contribution >= 0.6 is 11.3 Å². The van der Waals surface area contributed by atoms with Gasteiger partial charge in [0.15, 0.2) is 17.1 Å². The summed E-state index contributed by atoms with van der Waals surface area (Å²) in [5.41, 5.74) is 0.185. The molecule has 8 heteroatoms. The van der Waals surface area contributed by atoms with Gasteiger partial charge in [0.1, 0.15) is 4.53 Å². The topological polar surface area (TPSA) is 98.5 Å². The summed E-state index contributed by atoms with van der Waals surface area (Å²) in [6, 6.07) is 14.1. The number of methoxy groups -OCH3 is 1. The Balaban J connectivity index is 2.26. The van der Waals surface area contributed by atoms with Crippen molar-refractivity contribution >= 4 is 40.7 Å². The number of nitrogens with zero attached hydrogens (tertiary/aromatic N) is 2. The molecule has 27 heavy (non-hydrogen) atoms. The maximum Gasteiger partial charge on any atom is 0.332 e. The van der Waals surface area contributed by atoms with Crippen LogP contribution in [0.4, 0.5) is 5.69 Å². The van der Waals surface area contributed by atoms with Gasteiger partial charge in [-0.3, -0.25) is 9.79 Å². The summed E-state index contributed by atoms with van der Waals surface area (Å²) in [4.78, 5) is 30.3. The lowest BCUT2D eigenvalue weighted by Gasteiger charge is -2.09. The fraction of sp³-hybridized carbons (Fsp3) is 0.0526. The van der Waals surface area contributed by atoms with Gasteiger partial charge in [-0.1, -0.05) is 24.3 Å². The molecule has 0 amide bonds. The second-order valence-electron chi connectivity index (χ2n) is 5.30. The van der Waals surface area contributed by atoms with Crippen LogP contribution in [0.15, 0.2) is 70.7 Å². The lowest BCUT2D eigenvalue weighted by atomic mass is 10.3. The summed E-state index contributed by atoms with van der Waals surface area (Å²) in [5.74, 6) is -1.18. The second kappa shape index (κ2) is 8.24. The van der Waals surface area contributed by atoms with Gasteiger partial charge in [0, 0.05) is 18.2 Å².